The van der Waals surface area contributed by atoms with Crippen LogP contribution in [-0.4, -0.2) is 20.6 Å². The van der Waals surface area contributed by atoms with Crippen LogP contribution in [0.25, 0.3) is 0 Å². The van der Waals surface area contributed by atoms with Crippen LogP contribution in [0.5, 0.6) is 17.2 Å². The zero-order valence-corrected chi connectivity index (χ0v) is 14.3. The molecule has 0 heterocycles. The molecule has 0 saturated heterocycles. The number of terminal acetylenes is 1. The van der Waals surface area contributed by atoms with E-state index < -0.39 is 11.6 Å². The van der Waals surface area contributed by atoms with Crippen molar-refractivity contribution >= 4 is 11.8 Å². The summed E-state index contributed by atoms with van der Waals surface area (Å²) in [4.78, 5) is 0.289. The van der Waals surface area contributed by atoms with E-state index in [0.717, 1.165) is 11.8 Å². The number of hydrogen-bond donors (Lipinski definition) is 0. The Balaban J connectivity index is 2.31. The lowest BCUT2D eigenvalue weighted by atomic mass is 10.1. The third-order valence-electron chi connectivity index (χ3n) is 3.18. The van der Waals surface area contributed by atoms with Crippen LogP contribution in [0.3, 0.4) is 0 Å². The maximum atomic E-state index is 12.5. The minimum atomic E-state index is -4.77. The number of halogens is 3. The highest BCUT2D eigenvalue weighted by atomic mass is 32.2. The lowest BCUT2D eigenvalue weighted by molar-refractivity contribution is -0.275. The number of para-hydroxylation sites is 1. The molecular weight excluding hydrogens is 353 g/mol. The Kier molecular flexibility index (Phi) is 6.10. The number of methoxy groups -OCH3 is 2. The number of alkyl halides is 3. The first-order valence-corrected chi connectivity index (χ1v) is 7.95. The molecule has 25 heavy (non-hydrogen) atoms. The Hall–Kier alpha value is -2.46. The predicted octanol–water partition coefficient (Wildman–Crippen LogP) is 5.07. The molecule has 0 spiro atoms. The van der Waals surface area contributed by atoms with E-state index in [4.69, 9.17) is 15.9 Å². The summed E-state index contributed by atoms with van der Waals surface area (Å²) >= 11 is 1.08. The van der Waals surface area contributed by atoms with Gasteiger partial charge in [0.15, 0.2) is 11.5 Å². The fraction of sp³-hybridized carbons (Fsp3) is 0.222. The average molecular weight is 368 g/mol. The molecule has 1 atom stereocenters. The van der Waals surface area contributed by atoms with Crippen LogP contribution in [0, 0.1) is 12.3 Å². The normalized spacial score (nSPS) is 12.2. The standard InChI is InChI=1S/C18H15F3O3S/c1-4-16(12-9-10-13(22-2)15(11-12)23-3)25-17-8-6-5-7-14(17)24-18(19,20)21/h1,5-11,16H,2-3H3. The van der Waals surface area contributed by atoms with Crippen LogP contribution >= 0.6 is 11.8 Å². The first-order valence-electron chi connectivity index (χ1n) is 7.07. The van der Waals surface area contributed by atoms with Gasteiger partial charge in [-0.2, -0.15) is 0 Å². The van der Waals surface area contributed by atoms with Crippen LogP contribution in [0.1, 0.15) is 10.8 Å². The molecule has 132 valence electrons. The molecule has 3 nitrogen and oxygen atoms in total. The second kappa shape index (κ2) is 8.08. The first-order chi connectivity index (χ1) is 11.9. The van der Waals surface area contributed by atoms with Gasteiger partial charge in [-0.3, -0.25) is 0 Å². The van der Waals surface area contributed by atoms with Gasteiger partial charge in [-0.1, -0.05) is 24.1 Å². The van der Waals surface area contributed by atoms with Crippen LogP contribution < -0.4 is 14.2 Å². The molecule has 0 aliphatic heterocycles. The van der Waals surface area contributed by atoms with Crippen molar-refractivity contribution in [2.75, 3.05) is 14.2 Å². The molecule has 2 aromatic rings. The van der Waals surface area contributed by atoms with Crippen molar-refractivity contribution in [1.82, 2.24) is 0 Å². The summed E-state index contributed by atoms with van der Waals surface area (Å²) in [7, 11) is 3.00. The van der Waals surface area contributed by atoms with Gasteiger partial charge in [-0.15, -0.1) is 31.4 Å². The monoisotopic (exact) mass is 368 g/mol. The smallest absolute Gasteiger partial charge is 0.493 e. The fourth-order valence-corrected chi connectivity index (χ4v) is 3.09. The van der Waals surface area contributed by atoms with E-state index in [0.29, 0.717) is 17.1 Å². The molecule has 0 fully saturated rings. The van der Waals surface area contributed by atoms with Gasteiger partial charge in [-0.25, -0.2) is 0 Å². The Bertz CT molecular complexity index is 769. The molecule has 0 saturated carbocycles. The van der Waals surface area contributed by atoms with E-state index in [1.807, 2.05) is 0 Å². The molecule has 0 aliphatic carbocycles. The molecule has 0 radical (unpaired) electrons. The number of benzene rings is 2. The second-order valence-corrected chi connectivity index (χ2v) is 5.92. The van der Waals surface area contributed by atoms with Crippen molar-refractivity contribution in [1.29, 1.82) is 0 Å². The molecule has 1 unspecified atom stereocenters. The number of thioether (sulfide) groups is 1. The molecule has 0 aliphatic rings. The van der Waals surface area contributed by atoms with Crippen LogP contribution in [0.15, 0.2) is 47.4 Å². The molecular formula is C18H15F3O3S. The van der Waals surface area contributed by atoms with Crippen molar-refractivity contribution in [2.24, 2.45) is 0 Å². The molecule has 0 bridgehead atoms. The SMILES string of the molecule is C#CC(Sc1ccccc1OC(F)(F)F)c1ccc(OC)c(OC)c1. The lowest BCUT2D eigenvalue weighted by Gasteiger charge is -2.17. The van der Waals surface area contributed by atoms with Gasteiger partial charge in [0, 0.05) is 0 Å². The number of hydrogen-bond acceptors (Lipinski definition) is 4. The third-order valence-corrected chi connectivity index (χ3v) is 4.42. The summed E-state index contributed by atoms with van der Waals surface area (Å²) in [5.74, 6) is 3.31. The molecule has 0 amide bonds. The quantitative estimate of drug-likeness (QED) is 0.526. The van der Waals surface area contributed by atoms with E-state index in [9.17, 15) is 13.2 Å². The van der Waals surface area contributed by atoms with Gasteiger partial charge in [0.1, 0.15) is 5.75 Å². The van der Waals surface area contributed by atoms with Crippen molar-refractivity contribution < 1.29 is 27.4 Å². The van der Waals surface area contributed by atoms with E-state index in [2.05, 4.69) is 10.7 Å². The molecule has 0 N–H and O–H groups in total. The Labute approximate surface area is 148 Å². The lowest BCUT2D eigenvalue weighted by Crippen LogP contribution is -2.17. The van der Waals surface area contributed by atoms with E-state index in [1.165, 1.54) is 32.4 Å². The highest BCUT2D eigenvalue weighted by Gasteiger charge is 2.32. The Morgan fingerprint density at radius 3 is 2.28 bits per heavy atom. The van der Waals surface area contributed by atoms with Crippen molar-refractivity contribution in [2.45, 2.75) is 16.5 Å². The van der Waals surface area contributed by atoms with Crippen LogP contribution in [0.4, 0.5) is 13.2 Å². The number of ether oxygens (including phenoxy) is 3. The Morgan fingerprint density at radius 1 is 1.00 bits per heavy atom. The first kappa shape index (κ1) is 18.9. The molecule has 0 aromatic heterocycles. The van der Waals surface area contributed by atoms with Crippen LogP contribution in [0.2, 0.25) is 0 Å². The Morgan fingerprint density at radius 2 is 1.68 bits per heavy atom. The zero-order valence-electron chi connectivity index (χ0n) is 13.5. The van der Waals surface area contributed by atoms with Gasteiger partial charge in [0.2, 0.25) is 0 Å². The van der Waals surface area contributed by atoms with Crippen molar-refractivity contribution in [3.05, 3.63) is 48.0 Å². The summed E-state index contributed by atoms with van der Waals surface area (Å²) < 4.78 is 52.1. The van der Waals surface area contributed by atoms with Crippen molar-refractivity contribution in [3.8, 4) is 29.6 Å². The minimum absolute atomic E-state index is 0.289. The highest BCUT2D eigenvalue weighted by Crippen LogP contribution is 2.42. The highest BCUT2D eigenvalue weighted by molar-refractivity contribution is 7.99. The maximum Gasteiger partial charge on any atom is 0.573 e. The maximum absolute atomic E-state index is 12.5. The van der Waals surface area contributed by atoms with Crippen molar-refractivity contribution in [3.63, 3.8) is 0 Å². The summed E-state index contributed by atoms with van der Waals surface area (Å²) in [5, 5.41) is -0.530. The summed E-state index contributed by atoms with van der Waals surface area (Å²) in [5.41, 5.74) is 0.701. The van der Waals surface area contributed by atoms with Gasteiger partial charge in [0.05, 0.1) is 24.4 Å². The van der Waals surface area contributed by atoms with E-state index >= 15 is 0 Å². The van der Waals surface area contributed by atoms with Crippen LogP contribution in [-0.2, 0) is 0 Å². The average Bonchev–Trinajstić information content (AvgIpc) is 2.59. The molecule has 2 aromatic carbocycles. The minimum Gasteiger partial charge on any atom is -0.493 e. The topological polar surface area (TPSA) is 27.7 Å². The van der Waals surface area contributed by atoms with E-state index in [-0.39, 0.29) is 10.6 Å². The second-order valence-electron chi connectivity index (χ2n) is 4.77. The van der Waals surface area contributed by atoms with E-state index in [1.54, 1.807) is 24.3 Å². The molecule has 7 heteroatoms. The summed E-state index contributed by atoms with van der Waals surface area (Å²) in [6, 6.07) is 11.0. The van der Waals surface area contributed by atoms with Gasteiger partial charge >= 0.3 is 6.36 Å². The van der Waals surface area contributed by atoms with Gasteiger partial charge < -0.3 is 14.2 Å². The predicted molar refractivity (Wildman–Crippen MR) is 90.1 cm³/mol. The fourth-order valence-electron chi connectivity index (χ4n) is 2.10. The van der Waals surface area contributed by atoms with Gasteiger partial charge in [0.25, 0.3) is 0 Å². The third kappa shape index (κ3) is 5.00. The summed E-state index contributed by atoms with van der Waals surface area (Å²) in [6.07, 6.45) is 0.814. The number of rotatable bonds is 6. The zero-order chi connectivity index (χ0) is 18.4. The van der Waals surface area contributed by atoms with Gasteiger partial charge in [-0.05, 0) is 29.8 Å². The summed E-state index contributed by atoms with van der Waals surface area (Å²) in [6.45, 7) is 0. The largest absolute Gasteiger partial charge is 0.573 e. The molecule has 2 rings (SSSR count).